The fourth-order valence-electron chi connectivity index (χ4n) is 3.00. The average molecular weight is 301 g/mol. The highest BCUT2D eigenvalue weighted by atomic mass is 32.3. The van der Waals surface area contributed by atoms with Gasteiger partial charge < -0.3 is 14.4 Å². The molecule has 0 aliphatic carbocycles. The molecule has 1 fully saturated rings. The standard InChI is InChI=1S/C13H16FNO4S/c1-2-20(17,18)15-6-8(7-16)12-11(15)9-4-3-5-10(14)13(9)19-12/h3-5,8,11-12,16H,2,6-7H2,1H3/t8-,11-,12-/m0/s1. The van der Waals surface area contributed by atoms with Crippen LogP contribution >= 0.6 is 0 Å². The summed E-state index contributed by atoms with van der Waals surface area (Å²) in [6, 6.07) is 3.97. The largest absolute Gasteiger partial charge is 0.598 e. The number of nitrogens with zero attached hydrogens (tertiary/aromatic N) is 1. The van der Waals surface area contributed by atoms with E-state index in [2.05, 4.69) is 0 Å². The van der Waals surface area contributed by atoms with Gasteiger partial charge in [0.1, 0.15) is 28.3 Å². The summed E-state index contributed by atoms with van der Waals surface area (Å²) < 4.78 is 45.1. The number of hydrogen-bond donors (Lipinski definition) is 1. The van der Waals surface area contributed by atoms with E-state index in [1.807, 2.05) is 0 Å². The van der Waals surface area contributed by atoms with Crippen LogP contribution in [0.25, 0.3) is 0 Å². The lowest BCUT2D eigenvalue weighted by atomic mass is 10.00. The molecule has 0 radical (unpaired) electrons. The van der Waals surface area contributed by atoms with Gasteiger partial charge in [-0.25, -0.2) is 4.39 Å². The van der Waals surface area contributed by atoms with Gasteiger partial charge >= 0.3 is 0 Å². The lowest BCUT2D eigenvalue weighted by Crippen LogP contribution is -2.38. The smallest absolute Gasteiger partial charge is 0.165 e. The second-order valence-electron chi connectivity index (χ2n) is 5.10. The number of rotatable bonds is 3. The Bertz CT molecular complexity index is 581. The third-order valence-electron chi connectivity index (χ3n) is 4.03. The Kier molecular flexibility index (Phi) is 3.32. The Hall–Kier alpha value is -1.02. The van der Waals surface area contributed by atoms with Gasteiger partial charge in [0.25, 0.3) is 0 Å². The summed E-state index contributed by atoms with van der Waals surface area (Å²) in [5, 5.41) is 9.42. The van der Waals surface area contributed by atoms with Crippen molar-refractivity contribution in [3.05, 3.63) is 29.6 Å². The zero-order chi connectivity index (χ0) is 14.5. The van der Waals surface area contributed by atoms with Gasteiger partial charge in [0, 0.05) is 11.5 Å². The fraction of sp³-hybridized carbons (Fsp3) is 0.538. The second kappa shape index (κ2) is 4.77. The van der Waals surface area contributed by atoms with Crippen molar-refractivity contribution in [3.63, 3.8) is 0 Å². The van der Waals surface area contributed by atoms with E-state index in [9.17, 15) is 18.3 Å². The van der Waals surface area contributed by atoms with Crippen molar-refractivity contribution in [1.29, 1.82) is 0 Å². The van der Waals surface area contributed by atoms with E-state index in [0.29, 0.717) is 5.56 Å². The Morgan fingerprint density at radius 1 is 1.60 bits per heavy atom. The van der Waals surface area contributed by atoms with Crippen LogP contribution in [0.5, 0.6) is 5.75 Å². The van der Waals surface area contributed by atoms with Crippen LogP contribution in [0.3, 0.4) is 0 Å². The number of hydrogen-bond acceptors (Lipinski definition) is 4. The van der Waals surface area contributed by atoms with E-state index in [-0.39, 0.29) is 30.6 Å². The average Bonchev–Trinajstić information content (AvgIpc) is 2.97. The monoisotopic (exact) mass is 301 g/mol. The van der Waals surface area contributed by atoms with Crippen molar-refractivity contribution in [2.45, 2.75) is 19.1 Å². The van der Waals surface area contributed by atoms with Crippen LogP contribution in [-0.2, 0) is 14.6 Å². The summed E-state index contributed by atoms with van der Waals surface area (Å²) in [5.74, 6) is -0.758. The number of ether oxygens (including phenoxy) is 1. The zero-order valence-corrected chi connectivity index (χ0v) is 11.8. The predicted octanol–water partition coefficient (Wildman–Crippen LogP) is 1.12. The Balaban J connectivity index is 2.07. The molecule has 7 heteroatoms. The highest BCUT2D eigenvalue weighted by molar-refractivity contribution is 7.95. The molecular weight excluding hydrogens is 285 g/mol. The number of halogens is 1. The Morgan fingerprint density at radius 3 is 3.00 bits per heavy atom. The summed E-state index contributed by atoms with van der Waals surface area (Å²) in [6.07, 6.45) is -0.520. The normalized spacial score (nSPS) is 31.5. The van der Waals surface area contributed by atoms with Crippen molar-refractivity contribution >= 4 is 10.4 Å². The number of aliphatic hydroxyl groups excluding tert-OH is 1. The summed E-state index contributed by atoms with van der Waals surface area (Å²) >= 11 is 0. The summed E-state index contributed by atoms with van der Waals surface area (Å²) in [5.41, 5.74) is 0.544. The first-order chi connectivity index (χ1) is 9.49. The number of sulfonamides is 1. The van der Waals surface area contributed by atoms with Crippen molar-refractivity contribution in [2.75, 3.05) is 18.9 Å². The molecule has 1 unspecified atom stereocenters. The fourth-order valence-corrected chi connectivity index (χ4v) is 4.33. The molecule has 0 aromatic heterocycles. The molecule has 110 valence electrons. The summed E-state index contributed by atoms with van der Waals surface area (Å²) in [7, 11) is -3.43. The Morgan fingerprint density at radius 2 is 2.35 bits per heavy atom. The molecule has 2 aliphatic rings. The first kappa shape index (κ1) is 13.9. The van der Waals surface area contributed by atoms with E-state index in [1.165, 1.54) is 10.4 Å². The van der Waals surface area contributed by atoms with Crippen molar-refractivity contribution in [1.82, 2.24) is 4.31 Å². The molecular formula is C13H16FNO4S. The van der Waals surface area contributed by atoms with Gasteiger partial charge in [0.05, 0.1) is 13.2 Å². The molecule has 0 amide bonds. The SMILES string of the molecule is CC[S+](=O)([O-])N1C[C@@H](CO)[C@@H]2Oc3c(F)cccc3[C@@H]21. The van der Waals surface area contributed by atoms with Crippen LogP contribution in [0.2, 0.25) is 0 Å². The maximum absolute atomic E-state index is 13.8. The van der Waals surface area contributed by atoms with E-state index in [1.54, 1.807) is 19.1 Å². The number of para-hydroxylation sites is 1. The van der Waals surface area contributed by atoms with Gasteiger partial charge in [-0.05, 0) is 13.0 Å². The van der Waals surface area contributed by atoms with Crippen LogP contribution in [0.4, 0.5) is 4.39 Å². The maximum atomic E-state index is 13.8. The molecule has 1 N–H and O–H groups in total. The Labute approximate surface area is 117 Å². The van der Waals surface area contributed by atoms with E-state index in [4.69, 9.17) is 4.74 Å². The molecule has 0 spiro atoms. The van der Waals surface area contributed by atoms with Crippen LogP contribution in [0.1, 0.15) is 18.5 Å². The third-order valence-corrected chi connectivity index (χ3v) is 5.85. The number of fused-ring (bicyclic) bond motifs is 3. The van der Waals surface area contributed by atoms with Crippen LogP contribution < -0.4 is 4.74 Å². The predicted molar refractivity (Wildman–Crippen MR) is 70.2 cm³/mol. The molecule has 1 saturated heterocycles. The van der Waals surface area contributed by atoms with Crippen LogP contribution in [0, 0.1) is 11.7 Å². The minimum atomic E-state index is -3.43. The molecule has 0 bridgehead atoms. The lowest BCUT2D eigenvalue weighted by molar-refractivity contribution is 0.118. The zero-order valence-electron chi connectivity index (χ0n) is 11.0. The molecule has 2 heterocycles. The minimum absolute atomic E-state index is 0.0288. The molecule has 4 atom stereocenters. The highest BCUT2D eigenvalue weighted by Gasteiger charge is 2.55. The quantitative estimate of drug-likeness (QED) is 0.849. The lowest BCUT2D eigenvalue weighted by Gasteiger charge is -2.27. The summed E-state index contributed by atoms with van der Waals surface area (Å²) in [4.78, 5) is 0. The summed E-state index contributed by atoms with van der Waals surface area (Å²) in [6.45, 7) is 1.59. The molecule has 3 rings (SSSR count). The molecule has 20 heavy (non-hydrogen) atoms. The van der Waals surface area contributed by atoms with Crippen molar-refractivity contribution in [3.8, 4) is 5.75 Å². The van der Waals surface area contributed by atoms with E-state index in [0.717, 1.165) is 0 Å². The first-order valence-corrected chi connectivity index (χ1v) is 8.16. The van der Waals surface area contributed by atoms with Crippen LogP contribution in [0.15, 0.2) is 18.2 Å². The highest BCUT2D eigenvalue weighted by Crippen LogP contribution is 2.50. The maximum Gasteiger partial charge on any atom is 0.165 e. The van der Waals surface area contributed by atoms with Crippen molar-refractivity contribution < 1.29 is 23.0 Å². The molecule has 5 nitrogen and oxygen atoms in total. The molecule has 1 aromatic carbocycles. The number of aliphatic hydroxyl groups is 1. The van der Waals surface area contributed by atoms with E-state index >= 15 is 0 Å². The number of benzene rings is 1. The van der Waals surface area contributed by atoms with Crippen LogP contribution in [-0.4, -0.2) is 39.0 Å². The van der Waals surface area contributed by atoms with Gasteiger partial charge in [0.15, 0.2) is 11.6 Å². The molecule has 0 saturated carbocycles. The second-order valence-corrected chi connectivity index (χ2v) is 7.31. The topological polar surface area (TPSA) is 72.8 Å². The van der Waals surface area contributed by atoms with Gasteiger partial charge in [0.2, 0.25) is 0 Å². The van der Waals surface area contributed by atoms with Gasteiger partial charge in [-0.2, -0.15) is 0 Å². The molecule has 1 aromatic rings. The first-order valence-electron chi connectivity index (χ1n) is 6.55. The molecule has 2 aliphatic heterocycles. The van der Waals surface area contributed by atoms with Gasteiger partial charge in [-0.3, -0.25) is 0 Å². The van der Waals surface area contributed by atoms with Gasteiger partial charge in [-0.1, -0.05) is 16.3 Å². The van der Waals surface area contributed by atoms with Gasteiger partial charge in [-0.15, -0.1) is 4.31 Å². The third kappa shape index (κ3) is 1.88. The van der Waals surface area contributed by atoms with E-state index < -0.39 is 28.4 Å². The van der Waals surface area contributed by atoms with Crippen molar-refractivity contribution in [2.24, 2.45) is 5.92 Å². The minimum Gasteiger partial charge on any atom is -0.598 e.